The number of hydrogen-bond acceptors (Lipinski definition) is 6. The molecule has 94 valence electrons. The Morgan fingerprint density at radius 1 is 1.61 bits per heavy atom. The van der Waals surface area contributed by atoms with Crippen LogP contribution < -0.4 is 10.6 Å². The highest BCUT2D eigenvalue weighted by molar-refractivity contribution is 9.11. The predicted octanol–water partition coefficient (Wildman–Crippen LogP) is 0.894. The van der Waals surface area contributed by atoms with Gasteiger partial charge in [0.2, 0.25) is 0 Å². The van der Waals surface area contributed by atoms with Crippen LogP contribution in [-0.2, 0) is 0 Å². The predicted molar refractivity (Wildman–Crippen MR) is 69.7 cm³/mol. The number of rotatable bonds is 3. The summed E-state index contributed by atoms with van der Waals surface area (Å²) < 4.78 is 2.57. The molecule has 0 unspecified atom stereocenters. The molecule has 0 atom stereocenters. The lowest BCUT2D eigenvalue weighted by atomic mass is 10.2. The van der Waals surface area contributed by atoms with Gasteiger partial charge in [0.15, 0.2) is 10.8 Å². The van der Waals surface area contributed by atoms with Crippen LogP contribution in [-0.4, -0.2) is 39.0 Å². The Morgan fingerprint density at radius 3 is 3.06 bits per heavy atom. The Labute approximate surface area is 115 Å². The minimum absolute atomic E-state index is 0.296. The van der Waals surface area contributed by atoms with Gasteiger partial charge in [0.1, 0.15) is 0 Å². The van der Waals surface area contributed by atoms with Gasteiger partial charge in [0.25, 0.3) is 5.91 Å². The zero-order valence-electron chi connectivity index (χ0n) is 9.13. The maximum absolute atomic E-state index is 11.9. The van der Waals surface area contributed by atoms with Gasteiger partial charge >= 0.3 is 0 Å². The SMILES string of the molecule is O=C(Nc1ncc(Br)s1)c1cn(C2CNC2)nn1. The van der Waals surface area contributed by atoms with E-state index in [9.17, 15) is 4.79 Å². The molecule has 1 saturated heterocycles. The number of carbonyl (C=O) groups excluding carboxylic acids is 1. The second-order valence-corrected chi connectivity index (χ2v) is 6.23. The van der Waals surface area contributed by atoms with Gasteiger partial charge in [0, 0.05) is 13.1 Å². The zero-order valence-corrected chi connectivity index (χ0v) is 11.5. The first-order valence-corrected chi connectivity index (χ1v) is 6.88. The van der Waals surface area contributed by atoms with Crippen molar-refractivity contribution in [2.45, 2.75) is 6.04 Å². The van der Waals surface area contributed by atoms with E-state index in [0.717, 1.165) is 16.9 Å². The number of aromatic nitrogens is 4. The summed E-state index contributed by atoms with van der Waals surface area (Å²) in [6.07, 6.45) is 3.29. The van der Waals surface area contributed by atoms with Crippen LogP contribution in [0.5, 0.6) is 0 Å². The number of hydrogen-bond donors (Lipinski definition) is 2. The summed E-state index contributed by atoms with van der Waals surface area (Å²) in [7, 11) is 0. The van der Waals surface area contributed by atoms with Gasteiger partial charge in [-0.15, -0.1) is 5.10 Å². The van der Waals surface area contributed by atoms with E-state index >= 15 is 0 Å². The maximum atomic E-state index is 11.9. The molecule has 0 aliphatic carbocycles. The zero-order chi connectivity index (χ0) is 12.5. The first-order valence-electron chi connectivity index (χ1n) is 5.27. The maximum Gasteiger partial charge on any atom is 0.279 e. The molecule has 3 rings (SSSR count). The summed E-state index contributed by atoms with van der Waals surface area (Å²) in [5.41, 5.74) is 0.299. The highest BCUT2D eigenvalue weighted by Crippen LogP contribution is 2.23. The lowest BCUT2D eigenvalue weighted by molar-refractivity contribution is 0.102. The average Bonchev–Trinajstić information content (AvgIpc) is 2.86. The van der Waals surface area contributed by atoms with Gasteiger partial charge in [-0.2, -0.15) is 0 Å². The van der Waals surface area contributed by atoms with E-state index in [4.69, 9.17) is 0 Å². The summed E-state index contributed by atoms with van der Waals surface area (Å²) in [4.78, 5) is 15.9. The van der Waals surface area contributed by atoms with Crippen LogP contribution in [0.25, 0.3) is 0 Å². The van der Waals surface area contributed by atoms with Crippen LogP contribution >= 0.6 is 27.3 Å². The molecule has 7 nitrogen and oxygen atoms in total. The molecule has 1 fully saturated rings. The topological polar surface area (TPSA) is 84.7 Å². The Bertz CT molecular complexity index is 577. The first-order chi connectivity index (χ1) is 8.72. The molecule has 0 aromatic carbocycles. The molecule has 0 bridgehead atoms. The van der Waals surface area contributed by atoms with Crippen molar-refractivity contribution >= 4 is 38.3 Å². The van der Waals surface area contributed by atoms with Crippen molar-refractivity contribution in [3.05, 3.63) is 21.9 Å². The van der Waals surface area contributed by atoms with E-state index in [-0.39, 0.29) is 5.91 Å². The summed E-state index contributed by atoms with van der Waals surface area (Å²) in [5, 5.41) is 14.2. The van der Waals surface area contributed by atoms with Crippen LogP contribution in [0.4, 0.5) is 5.13 Å². The fraction of sp³-hybridized carbons (Fsp3) is 0.333. The molecule has 18 heavy (non-hydrogen) atoms. The van der Waals surface area contributed by atoms with Crippen molar-refractivity contribution in [2.75, 3.05) is 18.4 Å². The molecule has 2 aromatic heterocycles. The number of anilines is 1. The van der Waals surface area contributed by atoms with Crippen molar-refractivity contribution in [1.82, 2.24) is 25.3 Å². The van der Waals surface area contributed by atoms with Gasteiger partial charge < -0.3 is 5.32 Å². The van der Waals surface area contributed by atoms with Crippen molar-refractivity contribution in [2.24, 2.45) is 0 Å². The third-order valence-corrected chi connectivity index (χ3v) is 3.97. The highest BCUT2D eigenvalue weighted by Gasteiger charge is 2.21. The molecular weight excluding hydrogens is 320 g/mol. The smallest absolute Gasteiger partial charge is 0.279 e. The van der Waals surface area contributed by atoms with Gasteiger partial charge in [0.05, 0.1) is 22.2 Å². The summed E-state index contributed by atoms with van der Waals surface area (Å²) in [6.45, 7) is 1.73. The van der Waals surface area contributed by atoms with Crippen LogP contribution in [0, 0.1) is 0 Å². The lowest BCUT2D eigenvalue weighted by Crippen LogP contribution is -2.43. The molecule has 1 aliphatic rings. The average molecular weight is 329 g/mol. The Kier molecular flexibility index (Phi) is 3.10. The van der Waals surface area contributed by atoms with E-state index in [2.05, 4.69) is 41.9 Å². The Hall–Kier alpha value is -1.32. The summed E-state index contributed by atoms with van der Waals surface area (Å²) in [5.74, 6) is -0.296. The molecule has 0 spiro atoms. The number of carbonyl (C=O) groups is 1. The van der Waals surface area contributed by atoms with Crippen molar-refractivity contribution in [3.63, 3.8) is 0 Å². The molecule has 0 saturated carbocycles. The van der Waals surface area contributed by atoms with Gasteiger partial charge in [-0.05, 0) is 15.9 Å². The Morgan fingerprint density at radius 2 is 2.44 bits per heavy atom. The molecule has 2 N–H and O–H groups in total. The molecular formula is C9H9BrN6OS. The standard InChI is InChI=1S/C9H9BrN6OS/c10-7-3-12-9(18-7)13-8(17)6-4-16(15-14-6)5-1-11-2-5/h3-5,11H,1-2H2,(H,12,13,17). The molecule has 2 aromatic rings. The fourth-order valence-corrected chi connectivity index (χ4v) is 2.59. The van der Waals surface area contributed by atoms with Crippen LogP contribution in [0.3, 0.4) is 0 Å². The van der Waals surface area contributed by atoms with Crippen LogP contribution in [0.2, 0.25) is 0 Å². The molecule has 1 amide bonds. The summed E-state index contributed by atoms with van der Waals surface area (Å²) >= 11 is 4.63. The van der Waals surface area contributed by atoms with Crippen molar-refractivity contribution < 1.29 is 4.79 Å². The van der Waals surface area contributed by atoms with Crippen molar-refractivity contribution in [1.29, 1.82) is 0 Å². The van der Waals surface area contributed by atoms with Gasteiger partial charge in [-0.3, -0.25) is 10.1 Å². The number of halogens is 1. The number of thiazole rings is 1. The molecule has 3 heterocycles. The lowest BCUT2D eigenvalue weighted by Gasteiger charge is -2.26. The highest BCUT2D eigenvalue weighted by atomic mass is 79.9. The minimum Gasteiger partial charge on any atom is -0.312 e. The number of nitrogens with one attached hydrogen (secondary N) is 2. The van der Waals surface area contributed by atoms with Crippen LogP contribution in [0.15, 0.2) is 16.2 Å². The van der Waals surface area contributed by atoms with E-state index in [1.807, 2.05) is 0 Å². The fourth-order valence-electron chi connectivity index (χ4n) is 1.49. The second-order valence-electron chi connectivity index (χ2n) is 3.82. The normalized spacial score (nSPS) is 15.4. The van der Waals surface area contributed by atoms with Gasteiger partial charge in [-0.25, -0.2) is 9.67 Å². The second kappa shape index (κ2) is 4.75. The third kappa shape index (κ3) is 2.28. The molecule has 1 aliphatic heterocycles. The van der Waals surface area contributed by atoms with Crippen molar-refractivity contribution in [3.8, 4) is 0 Å². The molecule has 0 radical (unpaired) electrons. The summed E-state index contributed by atoms with van der Waals surface area (Å²) in [6, 6.07) is 0.299. The van der Waals surface area contributed by atoms with E-state index in [0.29, 0.717) is 16.9 Å². The van der Waals surface area contributed by atoms with E-state index in [1.54, 1.807) is 17.1 Å². The largest absolute Gasteiger partial charge is 0.312 e. The van der Waals surface area contributed by atoms with E-state index < -0.39 is 0 Å². The van der Waals surface area contributed by atoms with E-state index in [1.165, 1.54) is 11.3 Å². The van der Waals surface area contributed by atoms with Crippen LogP contribution in [0.1, 0.15) is 16.5 Å². The number of amides is 1. The quantitative estimate of drug-likeness (QED) is 0.874. The number of nitrogens with zero attached hydrogens (tertiary/aromatic N) is 4. The molecule has 9 heteroatoms. The third-order valence-electron chi connectivity index (χ3n) is 2.57. The first kappa shape index (κ1) is 11.8. The monoisotopic (exact) mass is 328 g/mol. The van der Waals surface area contributed by atoms with Gasteiger partial charge in [-0.1, -0.05) is 16.6 Å². The minimum atomic E-state index is -0.296. The Balaban J connectivity index is 1.70.